The molecule has 6 heteroatoms. The molecule has 0 spiro atoms. The molecule has 27 heavy (non-hydrogen) atoms. The standard InChI is InChI=1S/C21H17ClN2O3/c22-18-8-11-20(25)17(12-18)13-23-24-21(26)14-27-19-9-6-16(7-10-19)15-4-2-1-3-5-15/h1-13,25H,14H2,(H,24,26)/b23-13+. The van der Waals surface area contributed by atoms with E-state index in [1.807, 2.05) is 54.6 Å². The Bertz CT molecular complexity index is 941. The number of benzene rings is 3. The highest BCUT2D eigenvalue weighted by Crippen LogP contribution is 2.22. The smallest absolute Gasteiger partial charge is 0.277 e. The van der Waals surface area contributed by atoms with E-state index in [0.717, 1.165) is 11.1 Å². The van der Waals surface area contributed by atoms with Gasteiger partial charge in [-0.05, 0) is 41.5 Å². The number of phenolic OH excluding ortho intramolecular Hbond substituents is 1. The van der Waals surface area contributed by atoms with Gasteiger partial charge in [-0.15, -0.1) is 0 Å². The van der Waals surface area contributed by atoms with Crippen LogP contribution in [-0.2, 0) is 4.79 Å². The van der Waals surface area contributed by atoms with E-state index in [1.54, 1.807) is 6.07 Å². The fraction of sp³-hybridized carbons (Fsp3) is 0.0476. The normalized spacial score (nSPS) is 10.7. The Morgan fingerprint density at radius 1 is 1.04 bits per heavy atom. The van der Waals surface area contributed by atoms with Crippen LogP contribution in [0, 0.1) is 0 Å². The molecule has 1 amide bonds. The molecule has 3 aromatic carbocycles. The SMILES string of the molecule is O=C(COc1ccc(-c2ccccc2)cc1)N/N=C/c1cc(Cl)ccc1O. The number of nitrogens with zero attached hydrogens (tertiary/aromatic N) is 1. The van der Waals surface area contributed by atoms with Crippen LogP contribution in [-0.4, -0.2) is 23.8 Å². The van der Waals surface area contributed by atoms with Crippen LogP contribution in [0.4, 0.5) is 0 Å². The zero-order chi connectivity index (χ0) is 19.1. The van der Waals surface area contributed by atoms with Gasteiger partial charge >= 0.3 is 0 Å². The molecular weight excluding hydrogens is 364 g/mol. The summed E-state index contributed by atoms with van der Waals surface area (Å²) >= 11 is 5.85. The second-order valence-corrected chi connectivity index (χ2v) is 6.11. The van der Waals surface area contributed by atoms with Crippen molar-refractivity contribution in [3.05, 3.63) is 83.4 Å². The molecule has 3 rings (SSSR count). The highest BCUT2D eigenvalue weighted by atomic mass is 35.5. The van der Waals surface area contributed by atoms with E-state index in [4.69, 9.17) is 16.3 Å². The van der Waals surface area contributed by atoms with Gasteiger partial charge in [0.1, 0.15) is 11.5 Å². The van der Waals surface area contributed by atoms with E-state index in [-0.39, 0.29) is 12.4 Å². The molecule has 0 fully saturated rings. The van der Waals surface area contributed by atoms with Crippen LogP contribution in [0.25, 0.3) is 11.1 Å². The molecule has 136 valence electrons. The molecule has 0 saturated heterocycles. The van der Waals surface area contributed by atoms with Crippen molar-refractivity contribution in [2.45, 2.75) is 0 Å². The van der Waals surface area contributed by atoms with Gasteiger partial charge in [0.2, 0.25) is 0 Å². The van der Waals surface area contributed by atoms with E-state index in [2.05, 4.69) is 10.5 Å². The van der Waals surface area contributed by atoms with Gasteiger partial charge < -0.3 is 9.84 Å². The van der Waals surface area contributed by atoms with Crippen LogP contribution < -0.4 is 10.2 Å². The lowest BCUT2D eigenvalue weighted by Gasteiger charge is -2.07. The van der Waals surface area contributed by atoms with Crippen molar-refractivity contribution in [1.82, 2.24) is 5.43 Å². The lowest BCUT2D eigenvalue weighted by Crippen LogP contribution is -2.24. The van der Waals surface area contributed by atoms with E-state index in [1.165, 1.54) is 18.3 Å². The minimum atomic E-state index is -0.417. The Hall–Kier alpha value is -3.31. The zero-order valence-electron chi connectivity index (χ0n) is 14.3. The van der Waals surface area contributed by atoms with Crippen LogP contribution in [0.2, 0.25) is 5.02 Å². The third kappa shape index (κ3) is 5.33. The van der Waals surface area contributed by atoms with Gasteiger partial charge in [-0.1, -0.05) is 54.1 Å². The molecule has 0 heterocycles. The number of nitrogens with one attached hydrogen (secondary N) is 1. The summed E-state index contributed by atoms with van der Waals surface area (Å²) in [7, 11) is 0. The molecule has 0 aliphatic heterocycles. The average molecular weight is 381 g/mol. The molecule has 0 saturated carbocycles. The Morgan fingerprint density at radius 2 is 1.74 bits per heavy atom. The number of halogens is 1. The van der Waals surface area contributed by atoms with Gasteiger partial charge in [0.15, 0.2) is 6.61 Å². The summed E-state index contributed by atoms with van der Waals surface area (Å²) in [6, 6.07) is 22.0. The van der Waals surface area contributed by atoms with Crippen LogP contribution in [0.1, 0.15) is 5.56 Å². The molecule has 0 radical (unpaired) electrons. The van der Waals surface area contributed by atoms with E-state index < -0.39 is 5.91 Å². The number of carbonyl (C=O) groups is 1. The van der Waals surface area contributed by atoms with Gasteiger partial charge in [-0.3, -0.25) is 4.79 Å². The maximum atomic E-state index is 11.8. The van der Waals surface area contributed by atoms with Crippen molar-refractivity contribution in [1.29, 1.82) is 0 Å². The third-order valence-corrected chi connectivity index (χ3v) is 3.95. The Morgan fingerprint density at radius 3 is 2.48 bits per heavy atom. The predicted octanol–water partition coefficient (Wildman–Crippen LogP) is 4.24. The van der Waals surface area contributed by atoms with Crippen LogP contribution in [0.15, 0.2) is 77.9 Å². The molecule has 0 aliphatic rings. The highest BCUT2D eigenvalue weighted by molar-refractivity contribution is 6.30. The van der Waals surface area contributed by atoms with Crippen molar-refractivity contribution in [3.63, 3.8) is 0 Å². The molecule has 3 aromatic rings. The van der Waals surface area contributed by atoms with E-state index >= 15 is 0 Å². The first-order valence-corrected chi connectivity index (χ1v) is 8.58. The quantitative estimate of drug-likeness (QED) is 0.496. The maximum Gasteiger partial charge on any atom is 0.277 e. The Labute approximate surface area is 161 Å². The van der Waals surface area contributed by atoms with Gasteiger partial charge in [-0.2, -0.15) is 5.10 Å². The summed E-state index contributed by atoms with van der Waals surface area (Å²) in [4.78, 5) is 11.8. The second kappa shape index (κ2) is 8.87. The summed E-state index contributed by atoms with van der Waals surface area (Å²) in [5, 5.41) is 13.9. The number of carbonyl (C=O) groups excluding carboxylic acids is 1. The molecule has 0 aromatic heterocycles. The van der Waals surface area contributed by atoms with Crippen molar-refractivity contribution in [2.75, 3.05) is 6.61 Å². The summed E-state index contributed by atoms with van der Waals surface area (Å²) in [5.41, 5.74) is 4.92. The van der Waals surface area contributed by atoms with Crippen molar-refractivity contribution in [3.8, 4) is 22.6 Å². The number of hydrogen-bond donors (Lipinski definition) is 2. The topological polar surface area (TPSA) is 70.9 Å². The van der Waals surface area contributed by atoms with Gasteiger partial charge in [0, 0.05) is 10.6 Å². The van der Waals surface area contributed by atoms with Gasteiger partial charge in [0.25, 0.3) is 5.91 Å². The minimum absolute atomic E-state index is 0.0205. The van der Waals surface area contributed by atoms with Crippen molar-refractivity contribution in [2.24, 2.45) is 5.10 Å². The summed E-state index contributed by atoms with van der Waals surface area (Å²) in [5.74, 6) is 0.188. The molecule has 0 bridgehead atoms. The fourth-order valence-corrected chi connectivity index (χ4v) is 2.54. The number of phenols is 1. The predicted molar refractivity (Wildman–Crippen MR) is 106 cm³/mol. The summed E-state index contributed by atoms with van der Waals surface area (Å²) < 4.78 is 5.45. The number of ether oxygens (including phenoxy) is 1. The molecule has 2 N–H and O–H groups in total. The largest absolute Gasteiger partial charge is 0.507 e. The number of aromatic hydroxyl groups is 1. The van der Waals surface area contributed by atoms with E-state index in [9.17, 15) is 9.90 Å². The second-order valence-electron chi connectivity index (χ2n) is 5.68. The summed E-state index contributed by atoms with van der Waals surface area (Å²) in [6.45, 7) is -0.177. The fourth-order valence-electron chi connectivity index (χ4n) is 2.36. The minimum Gasteiger partial charge on any atom is -0.507 e. The summed E-state index contributed by atoms with van der Waals surface area (Å²) in [6.07, 6.45) is 1.31. The van der Waals surface area contributed by atoms with Crippen LogP contribution >= 0.6 is 11.6 Å². The zero-order valence-corrected chi connectivity index (χ0v) is 15.1. The number of rotatable bonds is 6. The first kappa shape index (κ1) is 18.5. The van der Waals surface area contributed by atoms with Crippen molar-refractivity contribution < 1.29 is 14.6 Å². The highest BCUT2D eigenvalue weighted by Gasteiger charge is 2.03. The first-order valence-electron chi connectivity index (χ1n) is 8.20. The number of hydrogen-bond acceptors (Lipinski definition) is 4. The lowest BCUT2D eigenvalue weighted by atomic mass is 10.1. The first-order chi connectivity index (χ1) is 13.1. The third-order valence-electron chi connectivity index (χ3n) is 3.71. The molecular formula is C21H17ClN2O3. The van der Waals surface area contributed by atoms with Crippen LogP contribution in [0.5, 0.6) is 11.5 Å². The van der Waals surface area contributed by atoms with Gasteiger partial charge in [0.05, 0.1) is 6.21 Å². The van der Waals surface area contributed by atoms with Crippen LogP contribution in [0.3, 0.4) is 0 Å². The van der Waals surface area contributed by atoms with Crippen molar-refractivity contribution >= 4 is 23.7 Å². The maximum absolute atomic E-state index is 11.8. The molecule has 5 nitrogen and oxygen atoms in total. The molecule has 0 unspecified atom stereocenters. The average Bonchev–Trinajstić information content (AvgIpc) is 2.70. The Kier molecular flexibility index (Phi) is 6.07. The number of amides is 1. The van der Waals surface area contributed by atoms with Gasteiger partial charge in [-0.25, -0.2) is 5.43 Å². The Balaban J connectivity index is 1.50. The monoisotopic (exact) mass is 380 g/mol. The number of hydrazone groups is 1. The molecule has 0 atom stereocenters. The molecule has 0 aliphatic carbocycles. The van der Waals surface area contributed by atoms with E-state index in [0.29, 0.717) is 16.3 Å². The lowest BCUT2D eigenvalue weighted by molar-refractivity contribution is -0.123.